The summed E-state index contributed by atoms with van der Waals surface area (Å²) in [6.45, 7) is 12.9. The van der Waals surface area contributed by atoms with Gasteiger partial charge in [0.15, 0.2) is 8.32 Å². The van der Waals surface area contributed by atoms with Crippen molar-refractivity contribution >= 4 is 26.2 Å². The third-order valence-electron chi connectivity index (χ3n) is 3.97. The molecule has 0 bridgehead atoms. The molecular formula is C16H42O7Si3. The van der Waals surface area contributed by atoms with Crippen LogP contribution in [0.2, 0.25) is 38.8 Å². The van der Waals surface area contributed by atoms with Gasteiger partial charge in [0, 0.05) is 42.2 Å². The van der Waals surface area contributed by atoms with E-state index in [-0.39, 0.29) is 0 Å². The van der Waals surface area contributed by atoms with E-state index in [0.717, 1.165) is 26.2 Å². The maximum absolute atomic E-state index is 5.44. The van der Waals surface area contributed by atoms with Crippen molar-refractivity contribution in [3.8, 4) is 0 Å². The van der Waals surface area contributed by atoms with Gasteiger partial charge in [-0.3, -0.25) is 0 Å². The topological polar surface area (TPSA) is 67.9 Å². The second kappa shape index (κ2) is 16.3. The first-order valence-corrected chi connectivity index (χ1v) is 17.0. The van der Waals surface area contributed by atoms with Gasteiger partial charge >= 0.3 is 17.8 Å². The van der Waals surface area contributed by atoms with Crippen LogP contribution >= 0.6 is 0 Å². The van der Waals surface area contributed by atoms with E-state index in [0.29, 0.717) is 6.10 Å². The summed E-state index contributed by atoms with van der Waals surface area (Å²) < 4.78 is 35.6. The Bertz CT molecular complexity index is 306. The van der Waals surface area contributed by atoms with Gasteiger partial charge in [0.25, 0.3) is 0 Å². The van der Waals surface area contributed by atoms with Crippen molar-refractivity contribution in [2.24, 2.45) is 0 Å². The summed E-state index contributed by atoms with van der Waals surface area (Å²) >= 11 is 0. The zero-order chi connectivity index (χ0) is 20.6. The molecule has 1 rings (SSSR count). The van der Waals surface area contributed by atoms with E-state index in [2.05, 4.69) is 13.1 Å². The van der Waals surface area contributed by atoms with Crippen molar-refractivity contribution in [1.29, 1.82) is 0 Å². The van der Waals surface area contributed by atoms with Crippen LogP contribution in [0.1, 0.15) is 6.42 Å². The standard InChI is InChI=1S/C9H20O3Si.C4H12O2Si.C3H10O2Si/c1-10-13(2,3)6-4-5-11-7-9-8-12-9;1-5-7(3,4)6-2;1-4-6(3)5-2/h9H,4-8H2,1-3H3;1-4H3;6H,1-3H3. The predicted octanol–water partition coefficient (Wildman–Crippen LogP) is 2.75. The molecule has 0 aliphatic carbocycles. The maximum Gasteiger partial charge on any atom is 0.331 e. The van der Waals surface area contributed by atoms with Crippen LogP contribution in [0.5, 0.6) is 0 Å². The molecule has 0 spiro atoms. The summed E-state index contributed by atoms with van der Waals surface area (Å²) in [5.74, 6) is 0. The predicted molar refractivity (Wildman–Crippen MR) is 113 cm³/mol. The Labute approximate surface area is 164 Å². The first-order valence-electron chi connectivity index (χ1n) is 8.97. The Morgan fingerprint density at radius 2 is 1.42 bits per heavy atom. The highest BCUT2D eigenvalue weighted by Crippen LogP contribution is 2.13. The number of hydrogen-bond acceptors (Lipinski definition) is 7. The van der Waals surface area contributed by atoms with Crippen molar-refractivity contribution in [2.45, 2.75) is 51.3 Å². The average molecular weight is 431 g/mol. The van der Waals surface area contributed by atoms with Crippen molar-refractivity contribution < 1.29 is 31.6 Å². The molecule has 1 aliphatic rings. The van der Waals surface area contributed by atoms with E-state index < -0.39 is 26.2 Å². The Morgan fingerprint density at radius 3 is 1.69 bits per heavy atom. The van der Waals surface area contributed by atoms with E-state index in [1.807, 2.05) is 26.8 Å². The van der Waals surface area contributed by atoms with Gasteiger partial charge in [-0.15, -0.1) is 0 Å². The van der Waals surface area contributed by atoms with Crippen molar-refractivity contribution in [1.82, 2.24) is 0 Å². The largest absolute Gasteiger partial charge is 0.420 e. The first-order chi connectivity index (χ1) is 12.1. The van der Waals surface area contributed by atoms with Gasteiger partial charge in [-0.25, -0.2) is 0 Å². The van der Waals surface area contributed by atoms with Gasteiger partial charge in [-0.1, -0.05) is 0 Å². The third kappa shape index (κ3) is 20.7. The molecule has 1 fully saturated rings. The maximum atomic E-state index is 5.44. The lowest BCUT2D eigenvalue weighted by atomic mass is 10.5. The Hall–Kier alpha value is 0.371. The molecule has 1 unspecified atom stereocenters. The summed E-state index contributed by atoms with van der Waals surface area (Å²) in [6.07, 6.45) is 1.51. The molecule has 0 aromatic heterocycles. The first kappa shape index (κ1) is 28.6. The zero-order valence-electron chi connectivity index (χ0n) is 18.5. The van der Waals surface area contributed by atoms with Crippen LogP contribution in [0.4, 0.5) is 0 Å². The molecule has 0 N–H and O–H groups in total. The van der Waals surface area contributed by atoms with Crippen LogP contribution in [0.15, 0.2) is 0 Å². The molecule has 0 saturated carbocycles. The lowest BCUT2D eigenvalue weighted by Crippen LogP contribution is -2.31. The second-order valence-electron chi connectivity index (χ2n) is 6.94. The van der Waals surface area contributed by atoms with Crippen molar-refractivity contribution in [3.05, 3.63) is 0 Å². The van der Waals surface area contributed by atoms with Crippen LogP contribution in [0, 0.1) is 0 Å². The molecular weight excluding hydrogens is 388 g/mol. The van der Waals surface area contributed by atoms with Gasteiger partial charge in [0.2, 0.25) is 0 Å². The number of ether oxygens (including phenoxy) is 2. The van der Waals surface area contributed by atoms with Crippen molar-refractivity contribution in [2.75, 3.05) is 55.4 Å². The van der Waals surface area contributed by atoms with E-state index in [9.17, 15) is 0 Å². The minimum absolute atomic E-state index is 0.396. The van der Waals surface area contributed by atoms with E-state index in [1.54, 1.807) is 28.4 Å². The fourth-order valence-corrected chi connectivity index (χ4v) is 2.82. The van der Waals surface area contributed by atoms with Crippen LogP contribution in [-0.2, 0) is 31.6 Å². The van der Waals surface area contributed by atoms with E-state index >= 15 is 0 Å². The van der Waals surface area contributed by atoms with Gasteiger partial charge in [0.1, 0.15) is 6.10 Å². The average Bonchev–Trinajstić information content (AvgIpc) is 3.46. The van der Waals surface area contributed by atoms with Crippen LogP contribution < -0.4 is 0 Å². The lowest BCUT2D eigenvalue weighted by Gasteiger charge is -2.19. The van der Waals surface area contributed by atoms with E-state index in [1.165, 1.54) is 6.04 Å². The highest BCUT2D eigenvalue weighted by atomic mass is 28.4. The summed E-state index contributed by atoms with van der Waals surface area (Å²) in [4.78, 5) is 0. The third-order valence-corrected chi connectivity index (χ3v) is 9.93. The smallest absolute Gasteiger partial charge is 0.331 e. The highest BCUT2D eigenvalue weighted by Gasteiger charge is 2.23. The molecule has 1 atom stereocenters. The Morgan fingerprint density at radius 1 is 0.923 bits per heavy atom. The minimum Gasteiger partial charge on any atom is -0.420 e. The quantitative estimate of drug-likeness (QED) is 0.283. The number of rotatable bonds is 11. The monoisotopic (exact) mass is 430 g/mol. The number of hydrogen-bond donors (Lipinski definition) is 0. The molecule has 7 nitrogen and oxygen atoms in total. The minimum atomic E-state index is -1.65. The fraction of sp³-hybridized carbons (Fsp3) is 1.00. The molecule has 1 aliphatic heterocycles. The Kier molecular flexibility index (Phi) is 18.0. The van der Waals surface area contributed by atoms with Crippen molar-refractivity contribution in [3.63, 3.8) is 0 Å². The van der Waals surface area contributed by atoms with Gasteiger partial charge < -0.3 is 31.6 Å². The SMILES string of the molecule is CO[SiH](C)OC.CO[Si](C)(C)CCCOCC1CO1.CO[Si](C)(C)OC. The second-order valence-corrected chi connectivity index (χ2v) is 17.1. The summed E-state index contributed by atoms with van der Waals surface area (Å²) in [7, 11) is 4.34. The van der Waals surface area contributed by atoms with Gasteiger partial charge in [-0.2, -0.15) is 0 Å². The summed E-state index contributed by atoms with van der Waals surface area (Å²) in [6, 6.07) is 1.18. The molecule has 0 aromatic rings. The summed E-state index contributed by atoms with van der Waals surface area (Å²) in [5.41, 5.74) is 0. The molecule has 0 amide bonds. The van der Waals surface area contributed by atoms with Gasteiger partial charge in [-0.05, 0) is 45.2 Å². The molecule has 10 heteroatoms. The highest BCUT2D eigenvalue weighted by molar-refractivity contribution is 6.71. The van der Waals surface area contributed by atoms with E-state index in [4.69, 9.17) is 31.6 Å². The van der Waals surface area contributed by atoms with Crippen LogP contribution in [-0.4, -0.2) is 87.6 Å². The molecule has 1 heterocycles. The molecule has 0 radical (unpaired) electrons. The fourth-order valence-electron chi connectivity index (χ4n) is 1.26. The van der Waals surface area contributed by atoms with Crippen LogP contribution in [0.3, 0.4) is 0 Å². The summed E-state index contributed by atoms with van der Waals surface area (Å²) in [5, 5.41) is 0. The molecule has 26 heavy (non-hydrogen) atoms. The lowest BCUT2D eigenvalue weighted by molar-refractivity contribution is 0.116. The molecule has 1 saturated heterocycles. The zero-order valence-corrected chi connectivity index (χ0v) is 21.7. The normalized spacial score (nSPS) is 16.5. The Balaban J connectivity index is 0. The van der Waals surface area contributed by atoms with Crippen LogP contribution in [0.25, 0.3) is 0 Å². The van der Waals surface area contributed by atoms with Gasteiger partial charge in [0.05, 0.1) is 13.2 Å². The molecule has 0 aromatic carbocycles. The number of epoxide rings is 1. The molecule has 160 valence electrons.